The lowest BCUT2D eigenvalue weighted by Crippen LogP contribution is -2.02. The SMILES string of the molecule is [3H][3H].[3H][3H].[3H][3H].[3H][3H].[N-]=[N+]=NCc1ccc(Cn2cc(CO)nn2)nc1. The molecule has 2 rings (SSSR count). The Morgan fingerprint density at radius 3 is 3.00 bits per heavy atom. The minimum atomic E-state index is -0.126. The number of nitrogens with zero attached hydrogens (tertiary/aromatic N) is 7. The molecule has 2 aromatic heterocycles. The van der Waals surface area contributed by atoms with Gasteiger partial charge in [-0.1, -0.05) is 16.4 Å². The van der Waals surface area contributed by atoms with Crippen molar-refractivity contribution in [3.63, 3.8) is 0 Å². The van der Waals surface area contributed by atoms with E-state index in [0.717, 1.165) is 11.3 Å². The highest BCUT2D eigenvalue weighted by Gasteiger charge is 2.01. The van der Waals surface area contributed by atoms with Crippen molar-refractivity contribution in [2.45, 2.75) is 19.7 Å². The fourth-order valence-electron chi connectivity index (χ4n) is 1.41. The maximum atomic E-state index is 8.86. The van der Waals surface area contributed by atoms with Crippen LogP contribution < -0.4 is 0 Å². The van der Waals surface area contributed by atoms with E-state index in [0.29, 0.717) is 18.8 Å². The number of rotatable bonds is 5. The predicted molar refractivity (Wildman–Crippen MR) is 70.6 cm³/mol. The topological polar surface area (TPSA) is 113 Å². The first-order valence-corrected chi connectivity index (χ1v) is 5.26. The number of aliphatic hydroxyl groups excluding tert-OH is 1. The number of azide groups is 1. The summed E-state index contributed by atoms with van der Waals surface area (Å²) in [5.41, 5.74) is 10.4. The zero-order valence-electron chi connectivity index (χ0n) is 17.5. The van der Waals surface area contributed by atoms with Crippen molar-refractivity contribution in [1.29, 1.82) is 0 Å². The predicted octanol–water partition coefficient (Wildman–Crippen LogP) is 2.01. The molecule has 0 spiro atoms. The molecule has 100 valence electrons. The summed E-state index contributed by atoms with van der Waals surface area (Å²) in [4.78, 5) is 6.91. The van der Waals surface area contributed by atoms with Gasteiger partial charge in [-0.3, -0.25) is 4.98 Å². The van der Waals surface area contributed by atoms with Crippen LogP contribution in [-0.2, 0) is 19.7 Å². The molecule has 0 radical (unpaired) electrons. The van der Waals surface area contributed by atoms with E-state index in [1.165, 1.54) is 0 Å². The van der Waals surface area contributed by atoms with Crippen LogP contribution in [0.3, 0.4) is 0 Å². The van der Waals surface area contributed by atoms with Gasteiger partial charge in [0.25, 0.3) is 0 Å². The van der Waals surface area contributed by atoms with E-state index in [9.17, 15) is 0 Å². The van der Waals surface area contributed by atoms with Crippen molar-refractivity contribution >= 4 is 0 Å². The van der Waals surface area contributed by atoms with E-state index in [-0.39, 0.29) is 6.61 Å². The van der Waals surface area contributed by atoms with Crippen LogP contribution in [0.5, 0.6) is 0 Å². The quantitative estimate of drug-likeness (QED) is 0.508. The lowest BCUT2D eigenvalue weighted by atomic mass is 10.2. The average Bonchev–Trinajstić information content (AvgIpc) is 3.21. The minimum Gasteiger partial charge on any atom is -0.390 e. The fraction of sp³-hybridized carbons (Fsp3) is 0.300. The summed E-state index contributed by atoms with van der Waals surface area (Å²) < 4.78 is 41.6. The summed E-state index contributed by atoms with van der Waals surface area (Å²) >= 11 is 0. The Balaban J connectivity index is -0.000000585. The maximum Gasteiger partial charge on any atom is 0.108 e. The Labute approximate surface area is 115 Å². The molecule has 1 N–H and O–H groups in total. The van der Waals surface area contributed by atoms with Gasteiger partial charge in [0, 0.05) is 23.0 Å². The Morgan fingerprint density at radius 2 is 2.39 bits per heavy atom. The van der Waals surface area contributed by atoms with Crippen LogP contribution >= 0.6 is 0 Å². The number of hydrogen-bond acceptors (Lipinski definition) is 5. The van der Waals surface area contributed by atoms with Gasteiger partial charge in [0.05, 0.1) is 31.6 Å². The summed E-state index contributed by atoms with van der Waals surface area (Å²) in [6.07, 6.45) is 3.32. The molecule has 8 nitrogen and oxygen atoms in total. The lowest BCUT2D eigenvalue weighted by Gasteiger charge is -2.01. The van der Waals surface area contributed by atoms with E-state index < -0.39 is 0 Å². The molecule has 0 amide bonds. The Kier molecular flexibility index (Phi) is 2.50. The van der Waals surface area contributed by atoms with Crippen LogP contribution in [0.25, 0.3) is 10.4 Å². The maximum absolute atomic E-state index is 8.86. The molecule has 0 aliphatic rings. The molecular weight excluding hydrogens is 234 g/mol. The molecule has 0 saturated carbocycles. The van der Waals surface area contributed by atoms with E-state index in [4.69, 9.17) is 22.5 Å². The van der Waals surface area contributed by atoms with Crippen LogP contribution in [0.4, 0.5) is 0 Å². The smallest absolute Gasteiger partial charge is 0.108 e. The van der Waals surface area contributed by atoms with Gasteiger partial charge in [0.2, 0.25) is 0 Å². The molecule has 0 aliphatic heterocycles. The van der Waals surface area contributed by atoms with Gasteiger partial charge in [0.15, 0.2) is 0 Å². The van der Waals surface area contributed by atoms with Crippen molar-refractivity contribution in [3.8, 4) is 0 Å². The zero-order valence-corrected chi connectivity index (χ0v) is 9.51. The van der Waals surface area contributed by atoms with Gasteiger partial charge < -0.3 is 5.11 Å². The van der Waals surface area contributed by atoms with Crippen molar-refractivity contribution < 1.29 is 17.0 Å². The van der Waals surface area contributed by atoms with Crippen LogP contribution in [0.1, 0.15) is 28.8 Å². The molecule has 2 aromatic rings. The summed E-state index contributed by atoms with van der Waals surface area (Å²) in [6.45, 7) is 0.648. The summed E-state index contributed by atoms with van der Waals surface area (Å²) in [7, 11) is 0. The van der Waals surface area contributed by atoms with Crippen LogP contribution in [0.15, 0.2) is 29.6 Å². The van der Waals surface area contributed by atoms with Gasteiger partial charge >= 0.3 is 0 Å². The highest BCUT2D eigenvalue weighted by Crippen LogP contribution is 2.04. The monoisotopic (exact) mass is 269 g/mol. The third-order valence-corrected chi connectivity index (χ3v) is 2.27. The number of hydrogen-bond donors (Lipinski definition) is 1. The largest absolute Gasteiger partial charge is 0.390 e. The highest BCUT2D eigenvalue weighted by atomic mass is 16.3. The average molecular weight is 269 g/mol. The molecule has 0 saturated heterocycles. The van der Waals surface area contributed by atoms with Crippen molar-refractivity contribution in [2.24, 2.45) is 5.11 Å². The Hall–Kier alpha value is -2.44. The molecule has 0 bridgehead atoms. The van der Waals surface area contributed by atoms with Crippen LogP contribution in [0.2, 0.25) is 0 Å². The van der Waals surface area contributed by atoms with Gasteiger partial charge in [-0.2, -0.15) is 0 Å². The second-order valence-corrected chi connectivity index (χ2v) is 3.61. The van der Waals surface area contributed by atoms with Gasteiger partial charge in [0.1, 0.15) is 5.69 Å². The Morgan fingerprint density at radius 1 is 1.50 bits per heavy atom. The second kappa shape index (κ2) is 5.76. The zero-order chi connectivity index (χ0) is 20.8. The Bertz CT molecular complexity index is 579. The normalized spacial score (nSPS) is 11.8. The standard InChI is InChI=1S/C10H11N7O.4H2/c11-15-13-4-8-1-2-9(12-3-8)5-17-6-10(7-18)14-16-17;;;;/h1-3,6,18H,4-5,7H2;4*1H/i;4*1+2T. The van der Waals surface area contributed by atoms with Gasteiger partial charge in [-0.25, -0.2) is 4.68 Å². The van der Waals surface area contributed by atoms with Crippen molar-refractivity contribution in [1.82, 2.24) is 20.0 Å². The van der Waals surface area contributed by atoms with Crippen LogP contribution in [0, 0.1) is 0 Å². The number of aromatic nitrogens is 4. The summed E-state index contributed by atoms with van der Waals surface area (Å²) in [5, 5.41) is 19.9. The molecule has 0 fully saturated rings. The van der Waals surface area contributed by atoms with Gasteiger partial charge in [-0.05, 0) is 17.2 Å². The molecule has 0 atom stereocenters. The van der Waals surface area contributed by atoms with E-state index >= 15 is 0 Å². The van der Waals surface area contributed by atoms with Gasteiger partial charge in [-0.15, -0.1) is 5.10 Å². The first-order valence-electron chi connectivity index (χ1n) is 9.26. The second-order valence-electron chi connectivity index (χ2n) is 3.61. The van der Waals surface area contributed by atoms with E-state index in [1.54, 1.807) is 17.1 Å². The van der Waals surface area contributed by atoms with E-state index in [1.807, 2.05) is 12.1 Å². The molecular formula is C10H19N7O. The first kappa shape index (κ1) is 7.80. The summed E-state index contributed by atoms with van der Waals surface area (Å²) in [6, 6.07) is 3.68. The third kappa shape index (κ3) is 3.03. The lowest BCUT2D eigenvalue weighted by molar-refractivity contribution is 0.276. The number of aliphatic hydroxyl groups is 1. The molecule has 18 heavy (non-hydrogen) atoms. The molecule has 2 heterocycles. The van der Waals surface area contributed by atoms with Crippen molar-refractivity contribution in [3.05, 3.63) is 51.9 Å². The highest BCUT2D eigenvalue weighted by molar-refractivity contribution is 5.14. The molecule has 8 heteroatoms. The first-order chi connectivity index (χ1) is 12.8. The molecule has 0 aromatic carbocycles. The van der Waals surface area contributed by atoms with Crippen molar-refractivity contribution in [2.75, 3.05) is 0 Å². The van der Waals surface area contributed by atoms with E-state index in [2.05, 4.69) is 25.3 Å². The fourth-order valence-corrected chi connectivity index (χ4v) is 1.41. The number of pyridine rings is 1. The summed E-state index contributed by atoms with van der Waals surface area (Å²) in [5.74, 6) is 0. The molecule has 0 unspecified atom stereocenters. The molecule has 0 aliphatic carbocycles. The minimum absolute atomic E-state index is 0.126. The van der Waals surface area contributed by atoms with Crippen LogP contribution in [-0.4, -0.2) is 25.1 Å². The third-order valence-electron chi connectivity index (χ3n) is 2.27.